The molecule has 20 heavy (non-hydrogen) atoms. The maximum absolute atomic E-state index is 5.47. The van der Waals surface area contributed by atoms with E-state index in [9.17, 15) is 0 Å². The minimum atomic E-state index is 0.233. The molecule has 1 unspecified atom stereocenters. The molecule has 2 aliphatic heterocycles. The summed E-state index contributed by atoms with van der Waals surface area (Å²) in [6.07, 6.45) is 3.23. The van der Waals surface area contributed by atoms with Crippen molar-refractivity contribution in [1.82, 2.24) is 5.32 Å². The van der Waals surface area contributed by atoms with Crippen molar-refractivity contribution in [2.24, 2.45) is 4.99 Å². The Morgan fingerprint density at radius 1 is 1.30 bits per heavy atom. The molecule has 2 fully saturated rings. The van der Waals surface area contributed by atoms with Gasteiger partial charge in [-0.3, -0.25) is 4.99 Å². The zero-order valence-electron chi connectivity index (χ0n) is 12.0. The Kier molecular flexibility index (Phi) is 4.32. The molecule has 1 aromatic carbocycles. The standard InChI is InChI=1S/C16H22N2OS/c1-2-14(13-6-4-3-5-7-13)17-15-18-16(12-20-15)8-10-19-11-9-16/h3-7,14H,2,8-12H2,1H3,(H,17,18). The first-order chi connectivity index (χ1) is 9.81. The van der Waals surface area contributed by atoms with Crippen LogP contribution < -0.4 is 5.32 Å². The highest BCUT2D eigenvalue weighted by Crippen LogP contribution is 2.33. The highest BCUT2D eigenvalue weighted by atomic mass is 32.2. The second-order valence-corrected chi connectivity index (χ2v) is 6.54. The summed E-state index contributed by atoms with van der Waals surface area (Å²) in [5, 5.41) is 4.79. The average molecular weight is 290 g/mol. The van der Waals surface area contributed by atoms with Crippen molar-refractivity contribution in [3.05, 3.63) is 35.9 Å². The molecule has 3 rings (SSSR count). The van der Waals surface area contributed by atoms with Gasteiger partial charge in [0.25, 0.3) is 0 Å². The van der Waals surface area contributed by atoms with Gasteiger partial charge in [0.1, 0.15) is 0 Å². The normalized spacial score (nSPS) is 24.8. The van der Waals surface area contributed by atoms with Crippen molar-refractivity contribution in [3.8, 4) is 0 Å². The van der Waals surface area contributed by atoms with Crippen molar-refractivity contribution in [1.29, 1.82) is 0 Å². The smallest absolute Gasteiger partial charge is 0.157 e. The van der Waals surface area contributed by atoms with Crippen LogP contribution in [0.4, 0.5) is 0 Å². The van der Waals surface area contributed by atoms with Gasteiger partial charge in [0.05, 0.1) is 11.6 Å². The highest BCUT2D eigenvalue weighted by Gasteiger charge is 2.38. The number of benzene rings is 1. The number of amidine groups is 1. The van der Waals surface area contributed by atoms with Gasteiger partial charge in [0, 0.05) is 19.0 Å². The van der Waals surface area contributed by atoms with Crippen LogP contribution in [-0.4, -0.2) is 29.7 Å². The number of hydrogen-bond acceptors (Lipinski definition) is 3. The number of nitrogens with one attached hydrogen (secondary N) is 1. The molecular formula is C16H22N2OS. The third-order valence-corrected chi connectivity index (χ3v) is 5.33. The number of thioether (sulfide) groups is 1. The zero-order valence-corrected chi connectivity index (χ0v) is 12.8. The van der Waals surface area contributed by atoms with E-state index in [2.05, 4.69) is 42.6 Å². The highest BCUT2D eigenvalue weighted by molar-refractivity contribution is 8.14. The molecule has 0 aromatic heterocycles. The number of rotatable bonds is 3. The summed E-state index contributed by atoms with van der Waals surface area (Å²) in [7, 11) is 0. The van der Waals surface area contributed by atoms with Crippen LogP contribution in [-0.2, 0) is 4.74 Å². The van der Waals surface area contributed by atoms with Crippen LogP contribution in [0.5, 0.6) is 0 Å². The molecule has 1 aromatic rings. The molecule has 0 amide bonds. The fourth-order valence-electron chi connectivity index (χ4n) is 2.82. The van der Waals surface area contributed by atoms with E-state index in [-0.39, 0.29) is 11.6 Å². The second-order valence-electron chi connectivity index (χ2n) is 5.58. The number of hydrogen-bond donors (Lipinski definition) is 1. The molecule has 0 radical (unpaired) electrons. The molecule has 0 bridgehead atoms. The summed E-state index contributed by atoms with van der Waals surface area (Å²) >= 11 is 1.87. The summed E-state index contributed by atoms with van der Waals surface area (Å²) in [4.78, 5) is 4.94. The summed E-state index contributed by atoms with van der Waals surface area (Å²) in [5.41, 5.74) is 1.54. The van der Waals surface area contributed by atoms with Gasteiger partial charge in [0.2, 0.25) is 0 Å². The maximum Gasteiger partial charge on any atom is 0.157 e. The van der Waals surface area contributed by atoms with E-state index >= 15 is 0 Å². The monoisotopic (exact) mass is 290 g/mol. The van der Waals surface area contributed by atoms with Crippen molar-refractivity contribution >= 4 is 16.9 Å². The third kappa shape index (κ3) is 3.01. The Morgan fingerprint density at radius 3 is 2.75 bits per heavy atom. The maximum atomic E-state index is 5.47. The summed E-state index contributed by atoms with van der Waals surface area (Å²) < 4.78 is 5.47. The Labute approximate surface area is 125 Å². The number of ether oxygens (including phenoxy) is 1. The van der Waals surface area contributed by atoms with E-state index in [0.29, 0.717) is 0 Å². The minimum Gasteiger partial charge on any atom is -0.381 e. The van der Waals surface area contributed by atoms with Crippen molar-refractivity contribution in [2.75, 3.05) is 19.0 Å². The molecule has 108 valence electrons. The molecule has 0 saturated carbocycles. The van der Waals surface area contributed by atoms with Gasteiger partial charge in [-0.25, -0.2) is 0 Å². The van der Waals surface area contributed by atoms with Gasteiger partial charge in [-0.2, -0.15) is 0 Å². The van der Waals surface area contributed by atoms with Crippen LogP contribution >= 0.6 is 11.8 Å². The first-order valence-electron chi connectivity index (χ1n) is 7.43. The van der Waals surface area contributed by atoms with Crippen LogP contribution in [0.15, 0.2) is 35.3 Å². The molecular weight excluding hydrogens is 268 g/mol. The molecule has 3 nitrogen and oxygen atoms in total. The topological polar surface area (TPSA) is 33.6 Å². The van der Waals surface area contributed by atoms with Crippen molar-refractivity contribution < 1.29 is 4.74 Å². The minimum absolute atomic E-state index is 0.233. The van der Waals surface area contributed by atoms with Gasteiger partial charge < -0.3 is 10.1 Å². The number of nitrogens with zero attached hydrogens (tertiary/aromatic N) is 1. The first kappa shape index (κ1) is 14.0. The van der Waals surface area contributed by atoms with Gasteiger partial charge in [-0.1, -0.05) is 49.0 Å². The SMILES string of the molecule is CCC(N=C1NC2(CCOCC2)CS1)c1ccccc1. The molecule has 2 aliphatic rings. The van der Waals surface area contributed by atoms with Gasteiger partial charge in [-0.15, -0.1) is 0 Å². The lowest BCUT2D eigenvalue weighted by Gasteiger charge is -2.32. The Hall–Kier alpha value is -1.00. The van der Waals surface area contributed by atoms with E-state index in [1.807, 2.05) is 11.8 Å². The van der Waals surface area contributed by atoms with Gasteiger partial charge >= 0.3 is 0 Å². The molecule has 0 aliphatic carbocycles. The lowest BCUT2D eigenvalue weighted by atomic mass is 9.93. The predicted octanol–water partition coefficient (Wildman–Crippen LogP) is 3.38. The van der Waals surface area contributed by atoms with Gasteiger partial charge in [-0.05, 0) is 24.8 Å². The summed E-state index contributed by atoms with van der Waals surface area (Å²) in [6.45, 7) is 3.94. The molecule has 1 N–H and O–H groups in total. The Balaban J connectivity index is 1.72. The zero-order chi connectivity index (χ0) is 13.8. The molecule has 2 heterocycles. The Morgan fingerprint density at radius 2 is 2.05 bits per heavy atom. The van der Waals surface area contributed by atoms with Crippen LogP contribution in [0.3, 0.4) is 0 Å². The first-order valence-corrected chi connectivity index (χ1v) is 8.41. The molecule has 1 atom stereocenters. The van der Waals surface area contributed by atoms with E-state index in [1.54, 1.807) is 0 Å². The van der Waals surface area contributed by atoms with Crippen LogP contribution in [0.1, 0.15) is 37.8 Å². The average Bonchev–Trinajstić information content (AvgIpc) is 2.89. The van der Waals surface area contributed by atoms with Crippen LogP contribution in [0.2, 0.25) is 0 Å². The van der Waals surface area contributed by atoms with E-state index in [1.165, 1.54) is 5.56 Å². The van der Waals surface area contributed by atoms with E-state index in [4.69, 9.17) is 9.73 Å². The fourth-order valence-corrected chi connectivity index (χ4v) is 4.09. The van der Waals surface area contributed by atoms with Crippen molar-refractivity contribution in [2.45, 2.75) is 37.8 Å². The fraction of sp³-hybridized carbons (Fsp3) is 0.562. The van der Waals surface area contributed by atoms with Crippen molar-refractivity contribution in [3.63, 3.8) is 0 Å². The second kappa shape index (κ2) is 6.19. The largest absolute Gasteiger partial charge is 0.381 e. The van der Waals surface area contributed by atoms with Crippen LogP contribution in [0.25, 0.3) is 0 Å². The molecule has 4 heteroatoms. The quantitative estimate of drug-likeness (QED) is 0.926. The number of aliphatic imine (C=N–C) groups is 1. The summed E-state index contributed by atoms with van der Waals surface area (Å²) in [6, 6.07) is 10.8. The molecule has 2 saturated heterocycles. The predicted molar refractivity (Wildman–Crippen MR) is 85.3 cm³/mol. The van der Waals surface area contributed by atoms with E-state index < -0.39 is 0 Å². The summed E-state index contributed by atoms with van der Waals surface area (Å²) in [5.74, 6) is 1.13. The van der Waals surface area contributed by atoms with Gasteiger partial charge in [0.15, 0.2) is 5.17 Å². The third-order valence-electron chi connectivity index (χ3n) is 4.15. The van der Waals surface area contributed by atoms with E-state index in [0.717, 1.165) is 43.4 Å². The van der Waals surface area contributed by atoms with Crippen LogP contribution in [0, 0.1) is 0 Å². The lowest BCUT2D eigenvalue weighted by Crippen LogP contribution is -2.48. The Bertz CT molecular complexity index is 469. The lowest BCUT2D eigenvalue weighted by molar-refractivity contribution is 0.0555. The molecule has 1 spiro atoms.